The summed E-state index contributed by atoms with van der Waals surface area (Å²) in [4.78, 5) is 0. The smallest absolute Gasteiger partial charge is 0.123 e. The average Bonchev–Trinajstić information content (AvgIpc) is 2.75. The van der Waals surface area contributed by atoms with E-state index in [1.165, 1.54) is 0 Å². The first-order chi connectivity index (χ1) is 8.11. The Morgan fingerprint density at radius 1 is 1.47 bits per heavy atom. The molecule has 1 aliphatic rings. The molecule has 2 N–H and O–H groups in total. The van der Waals surface area contributed by atoms with Crippen molar-refractivity contribution in [2.45, 2.75) is 38.0 Å². The third-order valence-corrected chi connectivity index (χ3v) is 3.71. The van der Waals surface area contributed by atoms with Crippen molar-refractivity contribution >= 4 is 15.9 Å². The first-order valence-electron chi connectivity index (χ1n) is 5.86. The summed E-state index contributed by atoms with van der Waals surface area (Å²) >= 11 is 3.46. The highest BCUT2D eigenvalue weighted by Gasteiger charge is 2.29. The van der Waals surface area contributed by atoms with Crippen molar-refractivity contribution in [1.82, 2.24) is 0 Å². The minimum Gasteiger partial charge on any atom is -0.496 e. The minimum absolute atomic E-state index is 0.0909. The Hall–Kier alpha value is -0.580. The van der Waals surface area contributed by atoms with E-state index in [1.807, 2.05) is 18.2 Å². The van der Waals surface area contributed by atoms with Crippen LogP contribution in [0.15, 0.2) is 22.7 Å². The summed E-state index contributed by atoms with van der Waals surface area (Å²) in [5.74, 6) is 0.823. The molecule has 0 saturated carbocycles. The van der Waals surface area contributed by atoms with Gasteiger partial charge >= 0.3 is 0 Å². The van der Waals surface area contributed by atoms with Gasteiger partial charge < -0.3 is 15.2 Å². The molecule has 4 heteroatoms. The fraction of sp³-hybridized carbons (Fsp3) is 0.538. The summed E-state index contributed by atoms with van der Waals surface area (Å²) < 4.78 is 12.2. The Morgan fingerprint density at radius 3 is 2.82 bits per heavy atom. The van der Waals surface area contributed by atoms with Gasteiger partial charge in [0.05, 0.1) is 25.4 Å². The van der Waals surface area contributed by atoms with E-state index >= 15 is 0 Å². The van der Waals surface area contributed by atoms with Gasteiger partial charge in [-0.05, 0) is 38.0 Å². The van der Waals surface area contributed by atoms with Crippen LogP contribution in [-0.2, 0) is 4.74 Å². The number of ether oxygens (including phenoxy) is 2. The van der Waals surface area contributed by atoms with Crippen LogP contribution in [0.2, 0.25) is 0 Å². The molecule has 2 rings (SSSR count). The summed E-state index contributed by atoms with van der Waals surface area (Å²) in [5.41, 5.74) is 7.28. The third-order valence-electron chi connectivity index (χ3n) is 3.22. The molecule has 1 fully saturated rings. The Labute approximate surface area is 110 Å². The Balaban J connectivity index is 2.23. The van der Waals surface area contributed by atoms with Gasteiger partial charge in [0.15, 0.2) is 0 Å². The van der Waals surface area contributed by atoms with Crippen molar-refractivity contribution in [3.63, 3.8) is 0 Å². The van der Waals surface area contributed by atoms with Crippen LogP contribution in [0.25, 0.3) is 0 Å². The van der Waals surface area contributed by atoms with Crippen LogP contribution < -0.4 is 10.5 Å². The van der Waals surface area contributed by atoms with Crippen LogP contribution in [0.1, 0.15) is 31.4 Å². The molecule has 3 nitrogen and oxygen atoms in total. The molecule has 0 radical (unpaired) electrons. The largest absolute Gasteiger partial charge is 0.496 e. The number of halogens is 1. The van der Waals surface area contributed by atoms with Gasteiger partial charge in [0.25, 0.3) is 0 Å². The predicted molar refractivity (Wildman–Crippen MR) is 71.2 cm³/mol. The van der Waals surface area contributed by atoms with Gasteiger partial charge in [0.1, 0.15) is 5.75 Å². The second kappa shape index (κ2) is 5.38. The van der Waals surface area contributed by atoms with E-state index in [1.54, 1.807) is 7.11 Å². The van der Waals surface area contributed by atoms with Crippen molar-refractivity contribution in [2.75, 3.05) is 7.11 Å². The zero-order valence-electron chi connectivity index (χ0n) is 10.2. The molecule has 0 aromatic heterocycles. The van der Waals surface area contributed by atoms with Crippen LogP contribution in [0.4, 0.5) is 0 Å². The van der Waals surface area contributed by atoms with Crippen LogP contribution in [0, 0.1) is 0 Å². The molecule has 0 spiro atoms. The number of hydrogen-bond donors (Lipinski definition) is 1. The van der Waals surface area contributed by atoms with Crippen molar-refractivity contribution in [1.29, 1.82) is 0 Å². The molecule has 1 aliphatic heterocycles. The fourth-order valence-electron chi connectivity index (χ4n) is 2.26. The van der Waals surface area contributed by atoms with Crippen molar-refractivity contribution in [3.8, 4) is 5.75 Å². The lowest BCUT2D eigenvalue weighted by molar-refractivity contribution is 0.0396. The van der Waals surface area contributed by atoms with E-state index in [9.17, 15) is 0 Å². The number of methoxy groups -OCH3 is 1. The molecule has 1 aromatic carbocycles. The monoisotopic (exact) mass is 299 g/mol. The first-order valence-corrected chi connectivity index (χ1v) is 6.65. The molecule has 0 amide bonds. The van der Waals surface area contributed by atoms with Crippen molar-refractivity contribution in [3.05, 3.63) is 28.2 Å². The van der Waals surface area contributed by atoms with Gasteiger partial charge in [-0.2, -0.15) is 0 Å². The van der Waals surface area contributed by atoms with Crippen LogP contribution in [0.5, 0.6) is 5.75 Å². The SMILES string of the molecule is COc1ccc(Br)cc1C(N)C1CCC(C)O1. The second-order valence-electron chi connectivity index (χ2n) is 4.47. The Bertz CT molecular complexity index is 397. The van der Waals surface area contributed by atoms with Gasteiger partial charge in [-0.25, -0.2) is 0 Å². The van der Waals surface area contributed by atoms with Gasteiger partial charge in [-0.1, -0.05) is 15.9 Å². The van der Waals surface area contributed by atoms with Gasteiger partial charge in [-0.15, -0.1) is 0 Å². The molecule has 1 heterocycles. The number of hydrogen-bond acceptors (Lipinski definition) is 3. The van der Waals surface area contributed by atoms with E-state index < -0.39 is 0 Å². The zero-order valence-corrected chi connectivity index (χ0v) is 11.7. The molecule has 1 saturated heterocycles. The normalized spacial score (nSPS) is 25.9. The molecule has 1 aromatic rings. The Morgan fingerprint density at radius 2 is 2.24 bits per heavy atom. The maximum Gasteiger partial charge on any atom is 0.123 e. The van der Waals surface area contributed by atoms with E-state index in [-0.39, 0.29) is 12.1 Å². The molecule has 17 heavy (non-hydrogen) atoms. The molecular weight excluding hydrogens is 282 g/mol. The van der Waals surface area contributed by atoms with Crippen LogP contribution in [0.3, 0.4) is 0 Å². The van der Waals surface area contributed by atoms with Gasteiger partial charge in [-0.3, -0.25) is 0 Å². The topological polar surface area (TPSA) is 44.5 Å². The maximum absolute atomic E-state index is 6.28. The lowest BCUT2D eigenvalue weighted by atomic mass is 9.99. The summed E-state index contributed by atoms with van der Waals surface area (Å²) in [6, 6.07) is 5.76. The van der Waals surface area contributed by atoms with Crippen LogP contribution in [-0.4, -0.2) is 19.3 Å². The summed E-state index contributed by atoms with van der Waals surface area (Å²) in [6.07, 6.45) is 2.49. The molecular formula is C13H18BrNO2. The van der Waals surface area contributed by atoms with Crippen molar-refractivity contribution < 1.29 is 9.47 Å². The fourth-order valence-corrected chi connectivity index (χ4v) is 2.64. The lowest BCUT2D eigenvalue weighted by Crippen LogP contribution is -2.26. The van der Waals surface area contributed by atoms with E-state index in [0.717, 1.165) is 28.6 Å². The molecule has 3 unspecified atom stereocenters. The maximum atomic E-state index is 6.28. The lowest BCUT2D eigenvalue weighted by Gasteiger charge is -2.22. The van der Waals surface area contributed by atoms with Crippen molar-refractivity contribution in [2.24, 2.45) is 5.73 Å². The third kappa shape index (κ3) is 2.81. The van der Waals surface area contributed by atoms with Gasteiger partial charge in [0, 0.05) is 10.0 Å². The second-order valence-corrected chi connectivity index (χ2v) is 5.39. The van der Waals surface area contributed by atoms with Crippen LogP contribution >= 0.6 is 15.9 Å². The predicted octanol–water partition coefficient (Wildman–Crippen LogP) is 3.03. The van der Waals surface area contributed by atoms with E-state index in [0.29, 0.717) is 6.10 Å². The highest BCUT2D eigenvalue weighted by Crippen LogP contribution is 2.34. The molecule has 0 bridgehead atoms. The van der Waals surface area contributed by atoms with E-state index in [2.05, 4.69) is 22.9 Å². The molecule has 94 valence electrons. The highest BCUT2D eigenvalue weighted by molar-refractivity contribution is 9.10. The summed E-state index contributed by atoms with van der Waals surface area (Å²) in [6.45, 7) is 2.09. The molecule has 3 atom stereocenters. The number of nitrogens with two attached hydrogens (primary N) is 1. The standard InChI is InChI=1S/C13H18BrNO2/c1-8-3-5-12(17-8)13(15)10-7-9(14)4-6-11(10)16-2/h4,6-8,12-13H,3,5,15H2,1-2H3. The highest BCUT2D eigenvalue weighted by atomic mass is 79.9. The summed E-state index contributed by atoms with van der Waals surface area (Å²) in [5, 5.41) is 0. The Kier molecular flexibility index (Phi) is 4.07. The zero-order chi connectivity index (χ0) is 12.4. The minimum atomic E-state index is -0.132. The average molecular weight is 300 g/mol. The molecule has 0 aliphatic carbocycles. The number of rotatable bonds is 3. The van der Waals surface area contributed by atoms with E-state index in [4.69, 9.17) is 15.2 Å². The number of benzene rings is 1. The van der Waals surface area contributed by atoms with Gasteiger partial charge in [0.2, 0.25) is 0 Å². The first kappa shape index (κ1) is 12.9. The summed E-state index contributed by atoms with van der Waals surface area (Å²) in [7, 11) is 1.66. The quantitative estimate of drug-likeness (QED) is 0.933.